The van der Waals surface area contributed by atoms with Gasteiger partial charge in [-0.15, -0.1) is 21.5 Å². The third-order valence-electron chi connectivity index (χ3n) is 3.41. The van der Waals surface area contributed by atoms with Crippen LogP contribution in [-0.2, 0) is 13.0 Å². The molecular formula is C13H23N3S. The van der Waals surface area contributed by atoms with E-state index in [2.05, 4.69) is 29.4 Å². The Bertz CT molecular complexity index is 329. The molecule has 0 unspecified atom stereocenters. The van der Waals surface area contributed by atoms with E-state index in [1.165, 1.54) is 37.1 Å². The van der Waals surface area contributed by atoms with Gasteiger partial charge >= 0.3 is 0 Å². The molecule has 1 aliphatic rings. The first-order valence-corrected chi connectivity index (χ1v) is 7.60. The molecule has 2 rings (SSSR count). The van der Waals surface area contributed by atoms with Gasteiger partial charge in [-0.3, -0.25) is 0 Å². The number of nitrogens with zero attached hydrogens (tertiary/aromatic N) is 2. The molecule has 0 bridgehead atoms. The Morgan fingerprint density at radius 1 is 1.24 bits per heavy atom. The molecule has 0 spiro atoms. The zero-order valence-electron chi connectivity index (χ0n) is 10.9. The van der Waals surface area contributed by atoms with Crippen LogP contribution in [0, 0.1) is 5.92 Å². The average Bonchev–Trinajstić information content (AvgIpc) is 2.95. The summed E-state index contributed by atoms with van der Waals surface area (Å²) in [5.41, 5.74) is 0. The van der Waals surface area contributed by atoms with E-state index in [9.17, 15) is 0 Å². The van der Waals surface area contributed by atoms with Crippen LogP contribution in [0.3, 0.4) is 0 Å². The third-order valence-corrected chi connectivity index (χ3v) is 4.39. The quantitative estimate of drug-likeness (QED) is 0.846. The van der Waals surface area contributed by atoms with Crippen molar-refractivity contribution in [1.82, 2.24) is 15.5 Å². The molecule has 1 fully saturated rings. The van der Waals surface area contributed by atoms with E-state index in [0.717, 1.165) is 23.9 Å². The summed E-state index contributed by atoms with van der Waals surface area (Å²) >= 11 is 1.77. The van der Waals surface area contributed by atoms with Crippen LogP contribution in [0.15, 0.2) is 0 Å². The molecule has 0 aliphatic heterocycles. The summed E-state index contributed by atoms with van der Waals surface area (Å²) in [5.74, 6) is 0.955. The number of rotatable bonds is 6. The van der Waals surface area contributed by atoms with Gasteiger partial charge in [0.1, 0.15) is 10.0 Å². The molecular weight excluding hydrogens is 230 g/mol. The minimum absolute atomic E-state index is 0.515. The van der Waals surface area contributed by atoms with Crippen LogP contribution in [0.4, 0.5) is 0 Å². The Hall–Kier alpha value is -0.480. The first-order valence-electron chi connectivity index (χ1n) is 6.78. The Balaban J connectivity index is 1.73. The van der Waals surface area contributed by atoms with Gasteiger partial charge < -0.3 is 5.32 Å². The van der Waals surface area contributed by atoms with E-state index >= 15 is 0 Å². The summed E-state index contributed by atoms with van der Waals surface area (Å²) in [6.45, 7) is 5.17. The van der Waals surface area contributed by atoms with Crippen molar-refractivity contribution in [3.8, 4) is 0 Å². The summed E-state index contributed by atoms with van der Waals surface area (Å²) < 4.78 is 0. The van der Waals surface area contributed by atoms with Gasteiger partial charge in [0, 0.05) is 19.0 Å². The molecule has 0 atom stereocenters. The Labute approximate surface area is 108 Å². The van der Waals surface area contributed by atoms with Crippen molar-refractivity contribution in [3.63, 3.8) is 0 Å². The Morgan fingerprint density at radius 3 is 2.65 bits per heavy atom. The minimum atomic E-state index is 0.515. The fourth-order valence-electron chi connectivity index (χ4n) is 2.38. The van der Waals surface area contributed by atoms with Gasteiger partial charge in [0.2, 0.25) is 0 Å². The molecule has 1 aliphatic carbocycles. The van der Waals surface area contributed by atoms with Crippen LogP contribution in [-0.4, -0.2) is 16.2 Å². The highest BCUT2D eigenvalue weighted by Crippen LogP contribution is 2.29. The first kappa shape index (κ1) is 13.0. The highest BCUT2D eigenvalue weighted by Gasteiger charge is 2.15. The van der Waals surface area contributed by atoms with Gasteiger partial charge in [-0.2, -0.15) is 0 Å². The number of nitrogens with one attached hydrogen (secondary N) is 1. The smallest absolute Gasteiger partial charge is 0.131 e. The van der Waals surface area contributed by atoms with Gasteiger partial charge in [0.15, 0.2) is 0 Å². The third kappa shape index (κ3) is 4.36. The predicted molar refractivity (Wildman–Crippen MR) is 72.2 cm³/mol. The number of aryl methyl sites for hydroxylation is 1. The van der Waals surface area contributed by atoms with Gasteiger partial charge in [-0.25, -0.2) is 0 Å². The predicted octanol–water partition coefficient (Wildman–Crippen LogP) is 3.16. The van der Waals surface area contributed by atoms with Gasteiger partial charge in [-0.05, 0) is 12.3 Å². The molecule has 1 aromatic heterocycles. The molecule has 0 aromatic carbocycles. The average molecular weight is 253 g/mol. The fourth-order valence-corrected chi connectivity index (χ4v) is 3.19. The van der Waals surface area contributed by atoms with Crippen LogP contribution in [0.25, 0.3) is 0 Å². The second-order valence-corrected chi connectivity index (χ2v) is 6.46. The normalized spacial score (nSPS) is 17.1. The maximum absolute atomic E-state index is 4.28. The van der Waals surface area contributed by atoms with Gasteiger partial charge in [0.25, 0.3) is 0 Å². The summed E-state index contributed by atoms with van der Waals surface area (Å²) in [6.07, 6.45) is 8.17. The summed E-state index contributed by atoms with van der Waals surface area (Å²) in [5, 5.41) is 14.2. The molecule has 1 heterocycles. The second-order valence-electron chi connectivity index (χ2n) is 5.31. The molecule has 17 heavy (non-hydrogen) atoms. The van der Waals surface area contributed by atoms with E-state index in [1.807, 2.05) is 0 Å². The van der Waals surface area contributed by atoms with Crippen molar-refractivity contribution >= 4 is 11.3 Å². The second kappa shape index (κ2) is 6.45. The maximum atomic E-state index is 4.28. The van der Waals surface area contributed by atoms with E-state index < -0.39 is 0 Å². The monoisotopic (exact) mass is 253 g/mol. The largest absolute Gasteiger partial charge is 0.308 e. The van der Waals surface area contributed by atoms with Crippen molar-refractivity contribution in [3.05, 3.63) is 10.0 Å². The number of hydrogen-bond donors (Lipinski definition) is 1. The summed E-state index contributed by atoms with van der Waals surface area (Å²) in [4.78, 5) is 0. The minimum Gasteiger partial charge on any atom is -0.308 e. The van der Waals surface area contributed by atoms with Crippen LogP contribution in [0.1, 0.15) is 56.0 Å². The highest BCUT2D eigenvalue weighted by molar-refractivity contribution is 7.11. The molecule has 0 amide bonds. The molecule has 4 heteroatoms. The molecule has 96 valence electrons. The number of aromatic nitrogens is 2. The van der Waals surface area contributed by atoms with E-state index in [4.69, 9.17) is 0 Å². The lowest BCUT2D eigenvalue weighted by Gasteiger charge is -2.05. The standard InChI is InChI=1S/C13H23N3S/c1-10(2)14-9-13-16-15-12(17-13)8-7-11-5-3-4-6-11/h10-11,14H,3-9H2,1-2H3. The highest BCUT2D eigenvalue weighted by atomic mass is 32.1. The summed E-state index contributed by atoms with van der Waals surface area (Å²) in [6, 6.07) is 0.515. The van der Waals surface area contributed by atoms with Crippen molar-refractivity contribution in [2.75, 3.05) is 0 Å². The van der Waals surface area contributed by atoms with Crippen molar-refractivity contribution in [1.29, 1.82) is 0 Å². The zero-order valence-corrected chi connectivity index (χ0v) is 11.7. The van der Waals surface area contributed by atoms with Crippen LogP contribution >= 0.6 is 11.3 Å². The zero-order chi connectivity index (χ0) is 12.1. The molecule has 3 nitrogen and oxygen atoms in total. The molecule has 1 aromatic rings. The topological polar surface area (TPSA) is 37.8 Å². The van der Waals surface area contributed by atoms with E-state index in [1.54, 1.807) is 11.3 Å². The van der Waals surface area contributed by atoms with Crippen molar-refractivity contribution < 1.29 is 0 Å². The molecule has 0 radical (unpaired) electrons. The maximum Gasteiger partial charge on any atom is 0.131 e. The first-order chi connectivity index (χ1) is 8.24. The Kier molecular flexibility index (Phi) is 4.92. The molecule has 1 N–H and O–H groups in total. The number of hydrogen-bond acceptors (Lipinski definition) is 4. The van der Waals surface area contributed by atoms with Crippen LogP contribution in [0.5, 0.6) is 0 Å². The van der Waals surface area contributed by atoms with Crippen molar-refractivity contribution in [2.45, 2.75) is 65.0 Å². The molecule has 0 saturated heterocycles. The lowest BCUT2D eigenvalue weighted by Crippen LogP contribution is -2.21. The van der Waals surface area contributed by atoms with E-state index in [-0.39, 0.29) is 0 Å². The lowest BCUT2D eigenvalue weighted by atomic mass is 10.0. The molecule has 1 saturated carbocycles. The van der Waals surface area contributed by atoms with Crippen LogP contribution < -0.4 is 5.32 Å². The Morgan fingerprint density at radius 2 is 1.94 bits per heavy atom. The summed E-state index contributed by atoms with van der Waals surface area (Å²) in [7, 11) is 0. The van der Waals surface area contributed by atoms with Crippen LogP contribution in [0.2, 0.25) is 0 Å². The fraction of sp³-hybridized carbons (Fsp3) is 0.846. The SMILES string of the molecule is CC(C)NCc1nnc(CCC2CCCC2)s1. The van der Waals surface area contributed by atoms with Gasteiger partial charge in [0.05, 0.1) is 0 Å². The van der Waals surface area contributed by atoms with Crippen molar-refractivity contribution in [2.24, 2.45) is 5.92 Å². The lowest BCUT2D eigenvalue weighted by molar-refractivity contribution is 0.502. The van der Waals surface area contributed by atoms with Gasteiger partial charge in [-0.1, -0.05) is 39.5 Å². The van der Waals surface area contributed by atoms with E-state index in [0.29, 0.717) is 6.04 Å².